The minimum absolute atomic E-state index is 0.109. The van der Waals surface area contributed by atoms with Crippen molar-refractivity contribution in [2.75, 3.05) is 58.3 Å². The number of amides is 2. The second-order valence-electron chi connectivity index (χ2n) is 6.41. The molecule has 0 aromatic heterocycles. The summed E-state index contributed by atoms with van der Waals surface area (Å²) < 4.78 is 38.5. The van der Waals surface area contributed by atoms with E-state index in [0.29, 0.717) is 38.4 Å². The number of carbonyl (C=O) groups is 1. The third-order valence-corrected chi connectivity index (χ3v) is 4.16. The summed E-state index contributed by atoms with van der Waals surface area (Å²) in [6.07, 6.45) is -3.47. The Morgan fingerprint density at radius 3 is 2.48 bits per heavy atom. The Labute approximate surface area is 146 Å². The summed E-state index contributed by atoms with van der Waals surface area (Å²) in [5, 5.41) is 2.88. The monoisotopic (exact) mass is 358 g/mol. The molecule has 5 nitrogen and oxygen atoms in total. The number of rotatable bonds is 5. The fourth-order valence-electron chi connectivity index (χ4n) is 2.75. The third-order valence-electron chi connectivity index (χ3n) is 4.16. The van der Waals surface area contributed by atoms with Crippen molar-refractivity contribution in [3.63, 3.8) is 0 Å². The second kappa shape index (κ2) is 8.42. The number of halogens is 3. The molecule has 0 unspecified atom stereocenters. The van der Waals surface area contributed by atoms with Crippen molar-refractivity contribution >= 4 is 11.7 Å². The standard InChI is InChI=1S/C17H25F3N4O/c1-22(2)8-4-7-21-16(25)24-11-9-23(10-12-24)15-6-3-5-14(13-15)17(18,19)20/h3,5-6,13H,4,7-12H2,1-2H3,(H,21,25). The molecule has 1 aliphatic rings. The van der Waals surface area contributed by atoms with Crippen molar-refractivity contribution in [3.8, 4) is 0 Å². The van der Waals surface area contributed by atoms with E-state index in [2.05, 4.69) is 10.2 Å². The number of carbonyl (C=O) groups excluding carboxylic acids is 1. The van der Waals surface area contributed by atoms with Gasteiger partial charge in [0.1, 0.15) is 0 Å². The van der Waals surface area contributed by atoms with Crippen molar-refractivity contribution in [2.24, 2.45) is 0 Å². The van der Waals surface area contributed by atoms with Crippen LogP contribution >= 0.6 is 0 Å². The molecule has 1 heterocycles. The lowest BCUT2D eigenvalue weighted by atomic mass is 10.1. The predicted molar refractivity (Wildman–Crippen MR) is 91.8 cm³/mol. The Balaban J connectivity index is 1.82. The van der Waals surface area contributed by atoms with Crippen LogP contribution in [-0.4, -0.2) is 69.2 Å². The summed E-state index contributed by atoms with van der Waals surface area (Å²) in [4.78, 5) is 17.7. The predicted octanol–water partition coefficient (Wildman–Crippen LogP) is 2.49. The van der Waals surface area contributed by atoms with E-state index in [4.69, 9.17) is 0 Å². The van der Waals surface area contributed by atoms with Gasteiger partial charge in [-0.2, -0.15) is 13.2 Å². The maximum Gasteiger partial charge on any atom is 0.416 e. The summed E-state index contributed by atoms with van der Waals surface area (Å²) in [5.74, 6) is 0. The first-order valence-electron chi connectivity index (χ1n) is 8.37. The quantitative estimate of drug-likeness (QED) is 0.822. The topological polar surface area (TPSA) is 38.8 Å². The van der Waals surface area contributed by atoms with Crippen LogP contribution in [0.5, 0.6) is 0 Å². The van der Waals surface area contributed by atoms with Crippen LogP contribution in [0.15, 0.2) is 24.3 Å². The lowest BCUT2D eigenvalue weighted by Gasteiger charge is -2.36. The molecule has 1 fully saturated rings. The van der Waals surface area contributed by atoms with Gasteiger partial charge in [-0.25, -0.2) is 4.79 Å². The van der Waals surface area contributed by atoms with Crippen molar-refractivity contribution in [2.45, 2.75) is 12.6 Å². The lowest BCUT2D eigenvalue weighted by molar-refractivity contribution is -0.137. The first-order chi connectivity index (χ1) is 11.8. The van der Waals surface area contributed by atoms with Gasteiger partial charge in [-0.1, -0.05) is 6.07 Å². The van der Waals surface area contributed by atoms with Gasteiger partial charge in [0.15, 0.2) is 0 Å². The van der Waals surface area contributed by atoms with Crippen LogP contribution in [0.2, 0.25) is 0 Å². The Bertz CT molecular complexity index is 569. The molecule has 8 heteroatoms. The van der Waals surface area contributed by atoms with E-state index in [9.17, 15) is 18.0 Å². The van der Waals surface area contributed by atoms with Crippen molar-refractivity contribution < 1.29 is 18.0 Å². The first-order valence-corrected chi connectivity index (χ1v) is 8.37. The maximum absolute atomic E-state index is 12.8. The smallest absolute Gasteiger partial charge is 0.368 e. The zero-order valence-electron chi connectivity index (χ0n) is 14.6. The van der Waals surface area contributed by atoms with Gasteiger partial charge in [-0.05, 0) is 45.3 Å². The number of benzene rings is 1. The molecule has 1 aromatic carbocycles. The van der Waals surface area contributed by atoms with Gasteiger partial charge in [0, 0.05) is 38.4 Å². The Morgan fingerprint density at radius 2 is 1.88 bits per heavy atom. The summed E-state index contributed by atoms with van der Waals surface area (Å²) in [5.41, 5.74) is -0.105. The Hall–Kier alpha value is -1.96. The molecular formula is C17H25F3N4O. The average Bonchev–Trinajstić information content (AvgIpc) is 2.58. The fraction of sp³-hybridized carbons (Fsp3) is 0.588. The zero-order valence-corrected chi connectivity index (χ0v) is 14.6. The molecule has 0 saturated carbocycles. The highest BCUT2D eigenvalue weighted by Crippen LogP contribution is 2.31. The molecule has 1 N–H and O–H groups in total. The number of hydrogen-bond acceptors (Lipinski definition) is 3. The molecule has 1 aromatic rings. The summed E-state index contributed by atoms with van der Waals surface area (Å²) in [7, 11) is 3.96. The van der Waals surface area contributed by atoms with Crippen LogP contribution < -0.4 is 10.2 Å². The summed E-state index contributed by atoms with van der Waals surface area (Å²) in [6.45, 7) is 3.55. The van der Waals surface area contributed by atoms with Gasteiger partial charge < -0.3 is 20.0 Å². The molecular weight excluding hydrogens is 333 g/mol. The molecule has 140 valence electrons. The van der Waals surface area contributed by atoms with Gasteiger partial charge >= 0.3 is 12.2 Å². The number of hydrogen-bond donors (Lipinski definition) is 1. The van der Waals surface area contributed by atoms with E-state index in [1.54, 1.807) is 11.0 Å². The van der Waals surface area contributed by atoms with Gasteiger partial charge in [0.2, 0.25) is 0 Å². The normalized spacial score (nSPS) is 15.6. The summed E-state index contributed by atoms with van der Waals surface area (Å²) >= 11 is 0. The molecule has 0 aliphatic carbocycles. The number of anilines is 1. The van der Waals surface area contributed by atoms with Gasteiger partial charge in [0.25, 0.3) is 0 Å². The highest BCUT2D eigenvalue weighted by molar-refractivity contribution is 5.74. The molecule has 0 bridgehead atoms. The van der Waals surface area contributed by atoms with Crippen molar-refractivity contribution in [3.05, 3.63) is 29.8 Å². The minimum Gasteiger partial charge on any atom is -0.368 e. The number of nitrogens with one attached hydrogen (secondary N) is 1. The third kappa shape index (κ3) is 5.81. The van der Waals surface area contributed by atoms with Gasteiger partial charge in [0.05, 0.1) is 5.56 Å². The molecule has 1 aliphatic heterocycles. The Morgan fingerprint density at radius 1 is 1.20 bits per heavy atom. The fourth-order valence-corrected chi connectivity index (χ4v) is 2.75. The zero-order chi connectivity index (χ0) is 18.4. The summed E-state index contributed by atoms with van der Waals surface area (Å²) in [6, 6.07) is 5.22. The highest BCUT2D eigenvalue weighted by atomic mass is 19.4. The van der Waals surface area contributed by atoms with Crippen molar-refractivity contribution in [1.29, 1.82) is 0 Å². The molecule has 1 saturated heterocycles. The number of piperazine rings is 1. The largest absolute Gasteiger partial charge is 0.416 e. The molecule has 2 amide bonds. The van der Waals surface area contributed by atoms with Crippen LogP contribution in [0.4, 0.5) is 23.7 Å². The number of alkyl halides is 3. The molecule has 0 radical (unpaired) electrons. The van der Waals surface area contributed by atoms with Gasteiger partial charge in [-0.3, -0.25) is 0 Å². The lowest BCUT2D eigenvalue weighted by Crippen LogP contribution is -2.52. The van der Waals surface area contributed by atoms with Crippen LogP contribution in [0.3, 0.4) is 0 Å². The van der Waals surface area contributed by atoms with Gasteiger partial charge in [-0.15, -0.1) is 0 Å². The van der Waals surface area contributed by atoms with E-state index in [-0.39, 0.29) is 6.03 Å². The van der Waals surface area contributed by atoms with Crippen LogP contribution in [0.25, 0.3) is 0 Å². The first kappa shape index (κ1) is 19.4. The van der Waals surface area contributed by atoms with Crippen LogP contribution in [-0.2, 0) is 6.18 Å². The van der Waals surface area contributed by atoms with E-state index in [1.807, 2.05) is 19.0 Å². The molecule has 0 spiro atoms. The molecule has 2 rings (SSSR count). The van der Waals surface area contributed by atoms with E-state index in [1.165, 1.54) is 6.07 Å². The minimum atomic E-state index is -4.34. The van der Waals surface area contributed by atoms with Crippen LogP contribution in [0, 0.1) is 0 Å². The number of urea groups is 1. The maximum atomic E-state index is 12.8. The SMILES string of the molecule is CN(C)CCCNC(=O)N1CCN(c2cccc(C(F)(F)F)c2)CC1. The average molecular weight is 358 g/mol. The highest BCUT2D eigenvalue weighted by Gasteiger charge is 2.31. The molecule has 25 heavy (non-hydrogen) atoms. The van der Waals surface area contributed by atoms with Crippen LogP contribution in [0.1, 0.15) is 12.0 Å². The van der Waals surface area contributed by atoms with E-state index >= 15 is 0 Å². The van der Waals surface area contributed by atoms with E-state index in [0.717, 1.165) is 25.1 Å². The van der Waals surface area contributed by atoms with Crippen molar-refractivity contribution in [1.82, 2.24) is 15.1 Å². The molecule has 0 atom stereocenters. The number of nitrogens with zero attached hydrogens (tertiary/aromatic N) is 3. The Kier molecular flexibility index (Phi) is 6.52. The van der Waals surface area contributed by atoms with E-state index < -0.39 is 11.7 Å². The second-order valence-corrected chi connectivity index (χ2v) is 6.41.